The molecule has 0 fully saturated rings. The number of halogens is 2. The number of rotatable bonds is 7. The fourth-order valence-electron chi connectivity index (χ4n) is 2.22. The van der Waals surface area contributed by atoms with Crippen LogP contribution in [0.5, 0.6) is 5.75 Å². The molecule has 0 aliphatic rings. The first-order chi connectivity index (χ1) is 11.9. The van der Waals surface area contributed by atoms with E-state index < -0.39 is 23.6 Å². The average Bonchev–Trinajstić information content (AvgIpc) is 2.60. The second-order valence-corrected chi connectivity index (χ2v) is 5.24. The van der Waals surface area contributed by atoms with Crippen molar-refractivity contribution < 1.29 is 33.0 Å². The second kappa shape index (κ2) is 8.23. The molecule has 0 saturated heterocycles. The second-order valence-electron chi connectivity index (χ2n) is 5.24. The molecule has 1 N–H and O–H groups in total. The van der Waals surface area contributed by atoms with E-state index in [0.717, 1.165) is 18.2 Å². The van der Waals surface area contributed by atoms with Crippen LogP contribution < -0.4 is 4.74 Å². The lowest BCUT2D eigenvalue weighted by molar-refractivity contribution is -0.140. The van der Waals surface area contributed by atoms with Gasteiger partial charge in [-0.05, 0) is 35.7 Å². The molecule has 0 aliphatic heterocycles. The zero-order valence-electron chi connectivity index (χ0n) is 13.4. The van der Waals surface area contributed by atoms with Crippen LogP contribution in [0.3, 0.4) is 0 Å². The first-order valence-electron chi connectivity index (χ1n) is 7.40. The molecule has 0 heterocycles. The third kappa shape index (κ3) is 5.00. The fourth-order valence-corrected chi connectivity index (χ4v) is 2.22. The van der Waals surface area contributed by atoms with E-state index in [-0.39, 0.29) is 30.8 Å². The molecular formula is C18H16F2O5. The first-order valence-corrected chi connectivity index (χ1v) is 7.40. The monoisotopic (exact) mass is 350 g/mol. The molecule has 2 aromatic carbocycles. The van der Waals surface area contributed by atoms with Gasteiger partial charge in [-0.15, -0.1) is 0 Å². The van der Waals surface area contributed by atoms with Crippen LogP contribution in [0.1, 0.15) is 27.9 Å². The molecule has 25 heavy (non-hydrogen) atoms. The standard InChI is InChI=1S/C18H16F2O5/c1-24-17(21)7-4-12-3-2-11(8-14(12)18(22)23)10-25-16-9-13(19)5-6-15(16)20/h2-3,5-6,8-9H,4,7,10H2,1H3,(H,22,23). The molecule has 5 nitrogen and oxygen atoms in total. The highest BCUT2D eigenvalue weighted by Crippen LogP contribution is 2.21. The summed E-state index contributed by atoms with van der Waals surface area (Å²) in [6.45, 7) is -0.127. The molecule has 2 aromatic rings. The minimum atomic E-state index is -1.15. The predicted octanol–water partition coefficient (Wildman–Crippen LogP) is 3.35. The third-order valence-electron chi connectivity index (χ3n) is 3.52. The minimum Gasteiger partial charge on any atom is -0.486 e. The van der Waals surface area contributed by atoms with Crippen LogP contribution in [0.15, 0.2) is 36.4 Å². The summed E-state index contributed by atoms with van der Waals surface area (Å²) in [5.41, 5.74) is 0.964. The van der Waals surface area contributed by atoms with E-state index in [2.05, 4.69) is 4.74 Å². The van der Waals surface area contributed by atoms with Gasteiger partial charge < -0.3 is 14.6 Å². The number of benzene rings is 2. The molecule has 2 rings (SSSR count). The van der Waals surface area contributed by atoms with E-state index in [1.807, 2.05) is 0 Å². The maximum atomic E-state index is 13.5. The van der Waals surface area contributed by atoms with Crippen molar-refractivity contribution in [1.82, 2.24) is 0 Å². The highest BCUT2D eigenvalue weighted by atomic mass is 19.1. The van der Waals surface area contributed by atoms with Crippen LogP contribution >= 0.6 is 0 Å². The molecule has 0 bridgehead atoms. The van der Waals surface area contributed by atoms with Crippen molar-refractivity contribution in [2.75, 3.05) is 7.11 Å². The summed E-state index contributed by atoms with van der Waals surface area (Å²) in [6.07, 6.45) is 0.273. The summed E-state index contributed by atoms with van der Waals surface area (Å²) in [7, 11) is 1.26. The summed E-state index contributed by atoms with van der Waals surface area (Å²) in [5, 5.41) is 9.31. The van der Waals surface area contributed by atoms with Crippen molar-refractivity contribution in [3.05, 3.63) is 64.7 Å². The van der Waals surface area contributed by atoms with Crippen molar-refractivity contribution >= 4 is 11.9 Å². The number of carbonyl (C=O) groups is 2. The minimum absolute atomic E-state index is 0.0183. The van der Waals surface area contributed by atoms with Crippen molar-refractivity contribution in [3.63, 3.8) is 0 Å². The highest BCUT2D eigenvalue weighted by Gasteiger charge is 2.13. The highest BCUT2D eigenvalue weighted by molar-refractivity contribution is 5.89. The topological polar surface area (TPSA) is 72.8 Å². The van der Waals surface area contributed by atoms with Gasteiger partial charge in [0.2, 0.25) is 0 Å². The molecule has 0 aliphatic carbocycles. The molecule has 0 aromatic heterocycles. The Morgan fingerprint density at radius 1 is 1.12 bits per heavy atom. The number of carboxylic acids is 1. The number of carbonyl (C=O) groups excluding carboxylic acids is 1. The number of ether oxygens (including phenoxy) is 2. The van der Waals surface area contributed by atoms with Gasteiger partial charge in [0.1, 0.15) is 12.4 Å². The Morgan fingerprint density at radius 3 is 2.56 bits per heavy atom. The fraction of sp³-hybridized carbons (Fsp3) is 0.222. The Balaban J connectivity index is 2.14. The summed E-state index contributed by atoms with van der Waals surface area (Å²) >= 11 is 0. The Hall–Kier alpha value is -2.96. The van der Waals surface area contributed by atoms with E-state index >= 15 is 0 Å². The van der Waals surface area contributed by atoms with E-state index in [1.54, 1.807) is 12.1 Å². The molecule has 0 radical (unpaired) electrons. The molecule has 0 amide bonds. The summed E-state index contributed by atoms with van der Waals surface area (Å²) in [6, 6.07) is 7.39. The SMILES string of the molecule is COC(=O)CCc1ccc(COc2cc(F)ccc2F)cc1C(=O)O. The van der Waals surface area contributed by atoms with Gasteiger partial charge in [-0.25, -0.2) is 13.6 Å². The lowest BCUT2D eigenvalue weighted by Gasteiger charge is -2.11. The molecule has 0 spiro atoms. The lowest BCUT2D eigenvalue weighted by atomic mass is 10.0. The normalized spacial score (nSPS) is 10.4. The number of carboxylic acid groups (broad SMARTS) is 1. The van der Waals surface area contributed by atoms with Crippen LogP contribution in [0.2, 0.25) is 0 Å². The van der Waals surface area contributed by atoms with E-state index in [4.69, 9.17) is 4.74 Å². The molecule has 0 atom stereocenters. The van der Waals surface area contributed by atoms with Gasteiger partial charge in [0.05, 0.1) is 12.7 Å². The zero-order valence-corrected chi connectivity index (χ0v) is 13.4. The smallest absolute Gasteiger partial charge is 0.335 e. The molecule has 7 heteroatoms. The van der Waals surface area contributed by atoms with Crippen molar-refractivity contribution in [2.45, 2.75) is 19.4 Å². The van der Waals surface area contributed by atoms with Crippen molar-refractivity contribution in [2.24, 2.45) is 0 Å². The van der Waals surface area contributed by atoms with Gasteiger partial charge in [-0.1, -0.05) is 12.1 Å². The molecular weight excluding hydrogens is 334 g/mol. The van der Waals surface area contributed by atoms with Crippen molar-refractivity contribution in [3.8, 4) is 5.75 Å². The van der Waals surface area contributed by atoms with Gasteiger partial charge >= 0.3 is 11.9 Å². The summed E-state index contributed by atoms with van der Waals surface area (Å²) < 4.78 is 36.4. The van der Waals surface area contributed by atoms with Gasteiger partial charge in [-0.2, -0.15) is 0 Å². The molecule has 132 valence electrons. The van der Waals surface area contributed by atoms with E-state index in [9.17, 15) is 23.5 Å². The maximum Gasteiger partial charge on any atom is 0.335 e. The predicted molar refractivity (Wildman–Crippen MR) is 84.4 cm³/mol. The van der Waals surface area contributed by atoms with E-state index in [0.29, 0.717) is 11.1 Å². The number of esters is 1. The lowest BCUT2D eigenvalue weighted by Crippen LogP contribution is -2.08. The van der Waals surface area contributed by atoms with Crippen LogP contribution in [0.25, 0.3) is 0 Å². The Kier molecular flexibility index (Phi) is 6.05. The Morgan fingerprint density at radius 2 is 1.88 bits per heavy atom. The number of hydrogen-bond acceptors (Lipinski definition) is 4. The van der Waals surface area contributed by atoms with Gasteiger partial charge in [0.25, 0.3) is 0 Å². The van der Waals surface area contributed by atoms with Crippen molar-refractivity contribution in [1.29, 1.82) is 0 Å². The summed E-state index contributed by atoms with van der Waals surface area (Å²) in [4.78, 5) is 22.6. The zero-order chi connectivity index (χ0) is 18.4. The average molecular weight is 350 g/mol. The van der Waals surface area contributed by atoms with Gasteiger partial charge in [0, 0.05) is 12.5 Å². The molecule has 0 saturated carbocycles. The van der Waals surface area contributed by atoms with Gasteiger partial charge in [-0.3, -0.25) is 4.79 Å². The van der Waals surface area contributed by atoms with Crippen LogP contribution in [0, 0.1) is 11.6 Å². The first kappa shape index (κ1) is 18.4. The largest absolute Gasteiger partial charge is 0.486 e. The summed E-state index contributed by atoms with van der Waals surface area (Å²) in [5.74, 6) is -3.20. The quantitative estimate of drug-likeness (QED) is 0.776. The number of methoxy groups -OCH3 is 1. The number of aromatic carboxylic acids is 1. The molecule has 0 unspecified atom stereocenters. The van der Waals surface area contributed by atoms with Gasteiger partial charge in [0.15, 0.2) is 11.6 Å². The maximum absolute atomic E-state index is 13.5. The Bertz CT molecular complexity index is 789. The van der Waals surface area contributed by atoms with Crippen LogP contribution in [0.4, 0.5) is 8.78 Å². The third-order valence-corrected chi connectivity index (χ3v) is 3.52. The van der Waals surface area contributed by atoms with E-state index in [1.165, 1.54) is 13.2 Å². The number of hydrogen-bond donors (Lipinski definition) is 1. The van der Waals surface area contributed by atoms with Crippen LogP contribution in [-0.2, 0) is 22.6 Å². The number of aryl methyl sites for hydroxylation is 1. The Labute approximate surface area is 142 Å². The van der Waals surface area contributed by atoms with Crippen LogP contribution in [-0.4, -0.2) is 24.2 Å².